The average molecular weight is 223 g/mol. The Labute approximate surface area is 97.3 Å². The van der Waals surface area contributed by atoms with E-state index in [0.29, 0.717) is 12.4 Å². The normalized spacial score (nSPS) is 11.1. The molecule has 90 valence electrons. The van der Waals surface area contributed by atoms with Crippen LogP contribution < -0.4 is 0 Å². The molecule has 0 aromatic carbocycles. The van der Waals surface area contributed by atoms with Gasteiger partial charge in [-0.15, -0.1) is 0 Å². The molecule has 1 aromatic rings. The molecule has 4 nitrogen and oxygen atoms in total. The first-order valence-electron chi connectivity index (χ1n) is 5.90. The van der Waals surface area contributed by atoms with Gasteiger partial charge in [-0.25, -0.2) is 4.98 Å². The van der Waals surface area contributed by atoms with Gasteiger partial charge < -0.3 is 5.11 Å². The van der Waals surface area contributed by atoms with E-state index < -0.39 is 0 Å². The van der Waals surface area contributed by atoms with Crippen molar-refractivity contribution < 1.29 is 5.11 Å². The first kappa shape index (κ1) is 12.9. The van der Waals surface area contributed by atoms with Crippen LogP contribution in [-0.2, 0) is 13.0 Å². The molecule has 0 saturated heterocycles. The van der Waals surface area contributed by atoms with Crippen molar-refractivity contribution in [3.8, 4) is 5.88 Å². The highest BCUT2D eigenvalue weighted by Crippen LogP contribution is 2.17. The smallest absolute Gasteiger partial charge is 0.217 e. The lowest BCUT2D eigenvalue weighted by Crippen LogP contribution is -2.23. The zero-order chi connectivity index (χ0) is 12.1. The van der Waals surface area contributed by atoms with Crippen molar-refractivity contribution in [2.24, 2.45) is 0 Å². The van der Waals surface area contributed by atoms with Crippen molar-refractivity contribution in [1.82, 2.24) is 14.9 Å². The highest BCUT2D eigenvalue weighted by molar-refractivity contribution is 5.28. The second kappa shape index (κ2) is 5.80. The van der Waals surface area contributed by atoms with E-state index in [2.05, 4.69) is 28.7 Å². The van der Waals surface area contributed by atoms with E-state index in [1.54, 1.807) is 0 Å². The van der Waals surface area contributed by atoms with Crippen LogP contribution in [0.1, 0.15) is 37.9 Å². The van der Waals surface area contributed by atoms with Gasteiger partial charge in [0, 0.05) is 5.56 Å². The van der Waals surface area contributed by atoms with Crippen molar-refractivity contribution >= 4 is 0 Å². The molecule has 1 aromatic heterocycles. The monoisotopic (exact) mass is 223 g/mol. The Morgan fingerprint density at radius 1 is 1.12 bits per heavy atom. The standard InChI is InChI=1S/C12H21N3O/c1-5-10-9(4)12(16)14-11(13-10)8-15(6-2)7-3/h5-8H2,1-4H3,(H,13,14,16). The summed E-state index contributed by atoms with van der Waals surface area (Å²) in [5, 5.41) is 9.70. The summed E-state index contributed by atoms with van der Waals surface area (Å²) < 4.78 is 0. The van der Waals surface area contributed by atoms with Crippen molar-refractivity contribution in [3.63, 3.8) is 0 Å². The molecule has 0 aliphatic heterocycles. The summed E-state index contributed by atoms with van der Waals surface area (Å²) >= 11 is 0. The van der Waals surface area contributed by atoms with E-state index in [-0.39, 0.29) is 5.88 Å². The third-order valence-corrected chi connectivity index (χ3v) is 2.86. The summed E-state index contributed by atoms with van der Waals surface area (Å²) in [6.45, 7) is 10.8. The summed E-state index contributed by atoms with van der Waals surface area (Å²) in [6.07, 6.45) is 0.827. The lowest BCUT2D eigenvalue weighted by molar-refractivity contribution is 0.285. The van der Waals surface area contributed by atoms with Gasteiger partial charge in [-0.05, 0) is 26.4 Å². The van der Waals surface area contributed by atoms with Crippen LogP contribution in [0.3, 0.4) is 0 Å². The van der Waals surface area contributed by atoms with Gasteiger partial charge in [0.2, 0.25) is 5.88 Å². The Bertz CT molecular complexity index is 348. The molecule has 1 rings (SSSR count). The molecule has 4 heteroatoms. The predicted molar refractivity (Wildman–Crippen MR) is 64.4 cm³/mol. The topological polar surface area (TPSA) is 49.2 Å². The fraction of sp³-hybridized carbons (Fsp3) is 0.667. The molecule has 16 heavy (non-hydrogen) atoms. The Morgan fingerprint density at radius 3 is 2.25 bits per heavy atom. The van der Waals surface area contributed by atoms with Crippen LogP contribution in [0.4, 0.5) is 0 Å². The quantitative estimate of drug-likeness (QED) is 0.828. The molecule has 0 saturated carbocycles. The Kier molecular flexibility index (Phi) is 4.68. The molecule has 0 aliphatic carbocycles. The van der Waals surface area contributed by atoms with E-state index in [9.17, 15) is 5.11 Å². The van der Waals surface area contributed by atoms with Crippen molar-refractivity contribution in [3.05, 3.63) is 17.1 Å². The van der Waals surface area contributed by atoms with Crippen LogP contribution in [0, 0.1) is 6.92 Å². The molecule has 0 spiro atoms. The molecule has 0 bridgehead atoms. The summed E-state index contributed by atoms with van der Waals surface area (Å²) in [5.41, 5.74) is 1.74. The van der Waals surface area contributed by atoms with Crippen LogP contribution in [0.2, 0.25) is 0 Å². The highest BCUT2D eigenvalue weighted by Gasteiger charge is 2.10. The highest BCUT2D eigenvalue weighted by atomic mass is 16.3. The minimum Gasteiger partial charge on any atom is -0.493 e. The van der Waals surface area contributed by atoms with Gasteiger partial charge in [0.25, 0.3) is 0 Å². The van der Waals surface area contributed by atoms with Crippen LogP contribution >= 0.6 is 0 Å². The summed E-state index contributed by atoms with van der Waals surface area (Å²) in [6, 6.07) is 0. The van der Waals surface area contributed by atoms with E-state index in [4.69, 9.17) is 0 Å². The van der Waals surface area contributed by atoms with E-state index >= 15 is 0 Å². The maximum Gasteiger partial charge on any atom is 0.217 e. The zero-order valence-corrected chi connectivity index (χ0v) is 10.6. The first-order valence-corrected chi connectivity index (χ1v) is 5.90. The number of hydrogen-bond donors (Lipinski definition) is 1. The fourth-order valence-electron chi connectivity index (χ4n) is 1.66. The molecular formula is C12H21N3O. The van der Waals surface area contributed by atoms with Crippen LogP contribution in [0.15, 0.2) is 0 Å². The zero-order valence-electron chi connectivity index (χ0n) is 10.6. The Morgan fingerprint density at radius 2 is 1.75 bits per heavy atom. The number of aromatic hydroxyl groups is 1. The summed E-state index contributed by atoms with van der Waals surface area (Å²) in [4.78, 5) is 10.8. The van der Waals surface area contributed by atoms with Crippen LogP contribution in [-0.4, -0.2) is 33.1 Å². The maximum absolute atomic E-state index is 9.70. The molecule has 0 fully saturated rings. The molecule has 0 amide bonds. The summed E-state index contributed by atoms with van der Waals surface area (Å²) in [7, 11) is 0. The fourth-order valence-corrected chi connectivity index (χ4v) is 1.66. The molecule has 1 heterocycles. The lowest BCUT2D eigenvalue weighted by atomic mass is 10.2. The number of aryl methyl sites for hydroxylation is 1. The third kappa shape index (κ3) is 2.92. The number of hydrogen-bond acceptors (Lipinski definition) is 4. The molecule has 0 unspecified atom stereocenters. The second-order valence-corrected chi connectivity index (χ2v) is 3.85. The van der Waals surface area contributed by atoms with Gasteiger partial charge in [0.1, 0.15) is 5.82 Å². The van der Waals surface area contributed by atoms with Gasteiger partial charge in [0.15, 0.2) is 0 Å². The minimum absolute atomic E-state index is 0.119. The van der Waals surface area contributed by atoms with E-state index in [1.807, 2.05) is 13.8 Å². The van der Waals surface area contributed by atoms with Gasteiger partial charge >= 0.3 is 0 Å². The second-order valence-electron chi connectivity index (χ2n) is 3.85. The SMILES string of the molecule is CCc1nc(CN(CC)CC)nc(O)c1C. The van der Waals surface area contributed by atoms with E-state index in [1.165, 1.54) is 0 Å². The van der Waals surface area contributed by atoms with Gasteiger partial charge in [-0.2, -0.15) is 4.98 Å². The number of rotatable bonds is 5. The minimum atomic E-state index is 0.119. The largest absolute Gasteiger partial charge is 0.493 e. The van der Waals surface area contributed by atoms with Gasteiger partial charge in [-0.3, -0.25) is 4.90 Å². The predicted octanol–water partition coefficient (Wildman–Crippen LogP) is 1.89. The maximum atomic E-state index is 9.70. The molecule has 0 atom stereocenters. The molecule has 0 aliphatic rings. The summed E-state index contributed by atoms with van der Waals surface area (Å²) in [5.74, 6) is 0.831. The Balaban J connectivity index is 2.93. The van der Waals surface area contributed by atoms with Crippen molar-refractivity contribution in [2.45, 2.75) is 40.7 Å². The molecule has 1 N–H and O–H groups in total. The number of aromatic nitrogens is 2. The van der Waals surface area contributed by atoms with Crippen LogP contribution in [0.5, 0.6) is 5.88 Å². The first-order chi connectivity index (χ1) is 7.62. The Hall–Kier alpha value is -1.16. The number of nitrogens with zero attached hydrogens (tertiary/aromatic N) is 3. The van der Waals surface area contributed by atoms with E-state index in [0.717, 1.165) is 30.8 Å². The van der Waals surface area contributed by atoms with Crippen molar-refractivity contribution in [1.29, 1.82) is 0 Å². The third-order valence-electron chi connectivity index (χ3n) is 2.86. The van der Waals surface area contributed by atoms with Crippen LogP contribution in [0.25, 0.3) is 0 Å². The van der Waals surface area contributed by atoms with Crippen molar-refractivity contribution in [2.75, 3.05) is 13.1 Å². The van der Waals surface area contributed by atoms with Gasteiger partial charge in [0.05, 0.1) is 12.2 Å². The molecular weight excluding hydrogens is 202 g/mol. The molecule has 0 radical (unpaired) electrons. The average Bonchev–Trinajstić information content (AvgIpc) is 2.30. The van der Waals surface area contributed by atoms with Gasteiger partial charge in [-0.1, -0.05) is 20.8 Å². The lowest BCUT2D eigenvalue weighted by Gasteiger charge is -2.17.